The van der Waals surface area contributed by atoms with E-state index in [0.717, 1.165) is 6.54 Å². The maximum Gasteiger partial charge on any atom is 0.324 e. The molecule has 1 heterocycles. The Morgan fingerprint density at radius 2 is 1.86 bits per heavy atom. The van der Waals surface area contributed by atoms with Gasteiger partial charge in [-0.15, -0.1) is 0 Å². The lowest BCUT2D eigenvalue weighted by atomic mass is 10.2. The zero-order chi connectivity index (χ0) is 11.1. The van der Waals surface area contributed by atoms with Crippen molar-refractivity contribution in [3.8, 4) is 0 Å². The lowest BCUT2D eigenvalue weighted by molar-refractivity contribution is -0.154. The van der Waals surface area contributed by atoms with Crippen LogP contribution in [0.2, 0.25) is 19.6 Å². The Bertz CT molecular complexity index is 239. The molecular weight excluding hydrogens is 194 g/mol. The van der Waals surface area contributed by atoms with E-state index in [1.54, 1.807) is 0 Å². The number of ether oxygens (including phenoxy) is 1. The Morgan fingerprint density at radius 3 is 2.14 bits per heavy atom. The number of esters is 1. The predicted molar refractivity (Wildman–Crippen MR) is 59.7 cm³/mol. The van der Waals surface area contributed by atoms with E-state index in [-0.39, 0.29) is 17.6 Å². The second-order valence-corrected chi connectivity index (χ2v) is 10.8. The lowest BCUT2D eigenvalue weighted by Crippen LogP contribution is -2.37. The Kier molecular flexibility index (Phi) is 2.80. The van der Waals surface area contributed by atoms with Crippen molar-refractivity contribution in [2.24, 2.45) is 0 Å². The number of rotatable bonds is 2. The number of nitrogens with zero attached hydrogens (tertiary/aromatic N) is 1. The summed E-state index contributed by atoms with van der Waals surface area (Å²) >= 11 is 0. The van der Waals surface area contributed by atoms with Crippen LogP contribution in [0.4, 0.5) is 0 Å². The van der Waals surface area contributed by atoms with Gasteiger partial charge in [0.15, 0.2) is 0 Å². The standard InChI is InChI=1S/C10H21NO2Si/c1-10(2,3)13-9(12)8-7-11(8)14(4,5)6/h8H,7H2,1-6H3/t8-,11?/m1/s1. The first-order valence-electron chi connectivity index (χ1n) is 5.11. The predicted octanol–water partition coefficient (Wildman–Crippen LogP) is 1.85. The molecule has 82 valence electrons. The summed E-state index contributed by atoms with van der Waals surface area (Å²) in [6.07, 6.45) is 0. The largest absolute Gasteiger partial charge is 0.459 e. The lowest BCUT2D eigenvalue weighted by Gasteiger charge is -2.22. The van der Waals surface area contributed by atoms with Crippen LogP contribution in [0.25, 0.3) is 0 Å². The smallest absolute Gasteiger partial charge is 0.324 e. The summed E-state index contributed by atoms with van der Waals surface area (Å²) in [5, 5.41) is 0. The fraction of sp³-hybridized carbons (Fsp3) is 0.900. The zero-order valence-electron chi connectivity index (χ0n) is 10.0. The number of hydrogen-bond acceptors (Lipinski definition) is 3. The van der Waals surface area contributed by atoms with Gasteiger partial charge in [-0.3, -0.25) is 4.79 Å². The molecule has 2 atom stereocenters. The summed E-state index contributed by atoms with van der Waals surface area (Å²) < 4.78 is 7.61. The fourth-order valence-electron chi connectivity index (χ4n) is 1.45. The molecule has 1 saturated heterocycles. The molecular formula is C10H21NO2Si. The van der Waals surface area contributed by atoms with Gasteiger partial charge in [-0.25, -0.2) is 0 Å². The van der Waals surface area contributed by atoms with Crippen LogP contribution in [0.1, 0.15) is 20.8 Å². The fourth-order valence-corrected chi connectivity index (χ4v) is 3.21. The van der Waals surface area contributed by atoms with E-state index >= 15 is 0 Å². The van der Waals surface area contributed by atoms with Gasteiger partial charge in [0.2, 0.25) is 0 Å². The zero-order valence-corrected chi connectivity index (χ0v) is 11.0. The number of carbonyl (C=O) groups excluding carboxylic acids is 1. The van der Waals surface area contributed by atoms with Gasteiger partial charge in [0.25, 0.3) is 0 Å². The number of hydrogen-bond donors (Lipinski definition) is 0. The third-order valence-electron chi connectivity index (χ3n) is 2.15. The van der Waals surface area contributed by atoms with Gasteiger partial charge in [0, 0.05) is 6.54 Å². The first-order valence-corrected chi connectivity index (χ1v) is 8.55. The molecule has 0 aromatic heterocycles. The van der Waals surface area contributed by atoms with E-state index in [0.29, 0.717) is 0 Å². The molecule has 0 radical (unpaired) electrons. The summed E-state index contributed by atoms with van der Waals surface area (Å²) in [4.78, 5) is 11.6. The first-order chi connectivity index (χ1) is 6.11. The highest BCUT2D eigenvalue weighted by molar-refractivity contribution is 6.74. The van der Waals surface area contributed by atoms with Crippen LogP contribution in [-0.4, -0.2) is 37.0 Å². The minimum Gasteiger partial charge on any atom is -0.459 e. The highest BCUT2D eigenvalue weighted by Gasteiger charge is 2.49. The van der Waals surface area contributed by atoms with E-state index in [1.165, 1.54) is 0 Å². The van der Waals surface area contributed by atoms with Crippen molar-refractivity contribution in [1.82, 2.24) is 4.57 Å². The molecule has 0 aromatic carbocycles. The normalized spacial score (nSPS) is 27.3. The van der Waals surface area contributed by atoms with Gasteiger partial charge in [0.1, 0.15) is 19.9 Å². The highest BCUT2D eigenvalue weighted by atomic mass is 28.3. The van der Waals surface area contributed by atoms with E-state index < -0.39 is 8.24 Å². The Hall–Kier alpha value is -0.353. The SMILES string of the molecule is CC(C)(C)OC(=O)[C@H]1CN1[Si](C)(C)C. The van der Waals surface area contributed by atoms with Crippen molar-refractivity contribution in [3.05, 3.63) is 0 Å². The number of carbonyl (C=O) groups is 1. The Balaban J connectivity index is 2.45. The van der Waals surface area contributed by atoms with E-state index in [4.69, 9.17) is 4.74 Å². The third-order valence-corrected chi connectivity index (χ3v) is 4.37. The highest BCUT2D eigenvalue weighted by Crippen LogP contribution is 2.28. The van der Waals surface area contributed by atoms with Crippen molar-refractivity contribution in [1.29, 1.82) is 0 Å². The van der Waals surface area contributed by atoms with Crippen LogP contribution < -0.4 is 0 Å². The minimum atomic E-state index is -1.29. The van der Waals surface area contributed by atoms with Gasteiger partial charge in [-0.2, -0.15) is 0 Å². The van der Waals surface area contributed by atoms with Gasteiger partial charge in [-0.05, 0) is 20.8 Å². The van der Waals surface area contributed by atoms with E-state index in [2.05, 4.69) is 24.2 Å². The van der Waals surface area contributed by atoms with Gasteiger partial charge < -0.3 is 9.30 Å². The van der Waals surface area contributed by atoms with Gasteiger partial charge in [-0.1, -0.05) is 19.6 Å². The molecule has 1 fully saturated rings. The third kappa shape index (κ3) is 3.10. The van der Waals surface area contributed by atoms with Crippen molar-refractivity contribution in [3.63, 3.8) is 0 Å². The molecule has 1 aliphatic rings. The van der Waals surface area contributed by atoms with Crippen LogP contribution in [0.3, 0.4) is 0 Å². The monoisotopic (exact) mass is 215 g/mol. The minimum absolute atomic E-state index is 0.0425. The van der Waals surface area contributed by atoms with E-state index in [1.807, 2.05) is 20.8 Å². The second-order valence-electron chi connectivity index (χ2n) is 5.87. The Morgan fingerprint density at radius 1 is 1.36 bits per heavy atom. The van der Waals surface area contributed by atoms with Crippen LogP contribution in [-0.2, 0) is 9.53 Å². The summed E-state index contributed by atoms with van der Waals surface area (Å²) in [5.41, 5.74) is -0.356. The molecule has 4 heteroatoms. The Labute approximate surface area is 87.5 Å². The molecule has 1 rings (SSSR count). The van der Waals surface area contributed by atoms with Crippen molar-refractivity contribution in [2.75, 3.05) is 6.54 Å². The van der Waals surface area contributed by atoms with Crippen LogP contribution in [0, 0.1) is 0 Å². The maximum atomic E-state index is 11.6. The summed E-state index contributed by atoms with van der Waals surface area (Å²) in [6, 6.07) is 0.0425. The average molecular weight is 215 g/mol. The van der Waals surface area contributed by atoms with Gasteiger partial charge in [0.05, 0.1) is 0 Å². The topological polar surface area (TPSA) is 29.3 Å². The molecule has 0 aliphatic carbocycles. The van der Waals surface area contributed by atoms with E-state index in [9.17, 15) is 4.79 Å². The summed E-state index contributed by atoms with van der Waals surface area (Å²) in [7, 11) is -1.29. The molecule has 0 saturated carbocycles. The van der Waals surface area contributed by atoms with Crippen LogP contribution in [0.5, 0.6) is 0 Å². The molecule has 1 aliphatic heterocycles. The molecule has 0 aromatic rings. The summed E-state index contributed by atoms with van der Waals surface area (Å²) in [6.45, 7) is 13.4. The summed E-state index contributed by atoms with van der Waals surface area (Å²) in [5.74, 6) is -0.0556. The van der Waals surface area contributed by atoms with Gasteiger partial charge >= 0.3 is 5.97 Å². The van der Waals surface area contributed by atoms with Crippen LogP contribution in [0.15, 0.2) is 0 Å². The molecule has 14 heavy (non-hydrogen) atoms. The van der Waals surface area contributed by atoms with Crippen molar-refractivity contribution >= 4 is 14.2 Å². The molecule has 0 N–H and O–H groups in total. The molecule has 3 nitrogen and oxygen atoms in total. The molecule has 0 spiro atoms. The average Bonchev–Trinajstić information content (AvgIpc) is 2.55. The molecule has 0 amide bonds. The first kappa shape index (κ1) is 11.7. The van der Waals surface area contributed by atoms with Crippen LogP contribution >= 0.6 is 0 Å². The second kappa shape index (κ2) is 3.34. The van der Waals surface area contributed by atoms with Crippen molar-refractivity contribution < 1.29 is 9.53 Å². The quantitative estimate of drug-likeness (QED) is 0.400. The molecule has 1 unspecified atom stereocenters. The van der Waals surface area contributed by atoms with Crippen molar-refractivity contribution in [2.45, 2.75) is 52.1 Å². The molecule has 0 bridgehead atoms. The maximum absolute atomic E-state index is 11.6.